The lowest BCUT2D eigenvalue weighted by molar-refractivity contribution is -0.171. The first kappa shape index (κ1) is 17.8. The summed E-state index contributed by atoms with van der Waals surface area (Å²) in [5, 5.41) is 9.44. The van der Waals surface area contributed by atoms with Crippen molar-refractivity contribution in [3.63, 3.8) is 0 Å². The number of fused-ring (bicyclic) bond motifs is 1. The summed E-state index contributed by atoms with van der Waals surface area (Å²) < 4.78 is 13.1. The van der Waals surface area contributed by atoms with Gasteiger partial charge < -0.3 is 14.6 Å². The number of para-hydroxylation sites is 1. The van der Waals surface area contributed by atoms with Gasteiger partial charge in [-0.15, -0.1) is 0 Å². The number of benzene rings is 1. The van der Waals surface area contributed by atoms with Crippen molar-refractivity contribution in [1.82, 2.24) is 0 Å². The van der Waals surface area contributed by atoms with E-state index in [9.17, 15) is 14.7 Å². The molecule has 146 valence electrons. The van der Waals surface area contributed by atoms with Crippen molar-refractivity contribution >= 4 is 11.6 Å². The van der Waals surface area contributed by atoms with Crippen LogP contribution in [0.2, 0.25) is 0 Å². The molecule has 1 saturated carbocycles. The third-order valence-corrected chi connectivity index (χ3v) is 6.99. The Labute approximate surface area is 164 Å². The fourth-order valence-electron chi connectivity index (χ4n) is 5.78. The molecule has 6 rings (SSSR count). The van der Waals surface area contributed by atoms with Gasteiger partial charge in [0.1, 0.15) is 5.75 Å². The number of hydrogen-bond donors (Lipinski definition) is 1. The molecule has 5 heteroatoms. The molecule has 28 heavy (non-hydrogen) atoms. The smallest absolute Gasteiger partial charge is 0.196 e. The van der Waals surface area contributed by atoms with Crippen LogP contribution in [0.1, 0.15) is 44.0 Å². The minimum atomic E-state index is -1.26. The average Bonchev–Trinajstić information content (AvgIpc) is 2.83. The Morgan fingerprint density at radius 3 is 2.79 bits per heavy atom. The van der Waals surface area contributed by atoms with Crippen molar-refractivity contribution in [3.8, 4) is 5.75 Å². The molecule has 4 unspecified atom stereocenters. The fraction of sp³-hybridized carbons (Fsp3) is 0.478. The first-order valence-corrected chi connectivity index (χ1v) is 9.83. The zero-order valence-corrected chi connectivity index (χ0v) is 16.3. The van der Waals surface area contributed by atoms with Crippen LogP contribution in [-0.2, 0) is 9.53 Å². The van der Waals surface area contributed by atoms with Crippen LogP contribution in [-0.4, -0.2) is 40.1 Å². The second kappa shape index (κ2) is 5.43. The van der Waals surface area contributed by atoms with Gasteiger partial charge in [-0.25, -0.2) is 0 Å². The van der Waals surface area contributed by atoms with Crippen LogP contribution < -0.4 is 4.74 Å². The highest BCUT2D eigenvalue weighted by atomic mass is 16.6. The van der Waals surface area contributed by atoms with Crippen LogP contribution in [0.25, 0.3) is 0 Å². The number of allylic oxidation sites excluding steroid dienone is 1. The summed E-state index contributed by atoms with van der Waals surface area (Å²) in [7, 11) is 0. The topological polar surface area (TPSA) is 72.8 Å². The van der Waals surface area contributed by atoms with Crippen LogP contribution in [0.3, 0.4) is 0 Å². The number of Topliss-reactive ketones (excluding diaryl/α,β-unsaturated/α-hetero) is 2. The highest BCUT2D eigenvalue weighted by Gasteiger charge is 2.80. The van der Waals surface area contributed by atoms with E-state index in [0.29, 0.717) is 23.3 Å². The largest absolute Gasteiger partial charge is 0.478 e. The molecular weight excluding hydrogens is 356 g/mol. The summed E-state index contributed by atoms with van der Waals surface area (Å²) in [6, 6.07) is 7.22. The number of ether oxygens (including phenoxy) is 2. The van der Waals surface area contributed by atoms with Crippen LogP contribution >= 0.6 is 0 Å². The molecule has 2 aliphatic heterocycles. The number of carbonyl (C=O) groups excluding carboxylic acids is 2. The van der Waals surface area contributed by atoms with Gasteiger partial charge in [-0.1, -0.05) is 29.9 Å². The molecule has 1 saturated heterocycles. The first-order valence-electron chi connectivity index (χ1n) is 9.83. The number of rotatable bonds is 3. The number of aliphatic hydroxyl groups is 1. The molecule has 5 nitrogen and oxygen atoms in total. The standard InChI is InChI=1S/C23H24O5/c1-13(12-24)8-9-22-20(26)14-10-16-19(25)15-6-4-5-7-17(15)27-23(16,22)18(11-14)21(2,3)28-22/h4-8,10,14,18,24H,9,11-12H2,1-3H3/b13-8+. The van der Waals surface area contributed by atoms with Crippen molar-refractivity contribution < 1.29 is 24.2 Å². The summed E-state index contributed by atoms with van der Waals surface area (Å²) >= 11 is 0. The van der Waals surface area contributed by atoms with Gasteiger partial charge in [0.25, 0.3) is 0 Å². The summed E-state index contributed by atoms with van der Waals surface area (Å²) in [6.45, 7) is 5.70. The van der Waals surface area contributed by atoms with E-state index >= 15 is 0 Å². The molecule has 2 fully saturated rings. The molecule has 2 heterocycles. The van der Waals surface area contributed by atoms with Crippen molar-refractivity contribution in [3.05, 3.63) is 53.1 Å². The van der Waals surface area contributed by atoms with E-state index in [4.69, 9.17) is 9.47 Å². The lowest BCUT2D eigenvalue weighted by Gasteiger charge is -2.56. The van der Waals surface area contributed by atoms with E-state index < -0.39 is 16.8 Å². The molecular formula is C23H24O5. The minimum absolute atomic E-state index is 0.0211. The first-order chi connectivity index (χ1) is 13.3. The Morgan fingerprint density at radius 2 is 2.04 bits per heavy atom. The summed E-state index contributed by atoms with van der Waals surface area (Å²) in [4.78, 5) is 27.0. The van der Waals surface area contributed by atoms with Crippen molar-refractivity contribution in [2.75, 3.05) is 6.61 Å². The molecule has 0 radical (unpaired) electrons. The predicted octanol–water partition coefficient (Wildman–Crippen LogP) is 3.02. The number of aliphatic hydroxyl groups excluding tert-OH is 1. The van der Waals surface area contributed by atoms with Crippen LogP contribution in [0.4, 0.5) is 0 Å². The Morgan fingerprint density at radius 1 is 1.29 bits per heavy atom. The molecule has 3 aliphatic carbocycles. The lowest BCUT2D eigenvalue weighted by atomic mass is 9.51. The van der Waals surface area contributed by atoms with Crippen molar-refractivity contribution in [2.45, 2.75) is 50.4 Å². The van der Waals surface area contributed by atoms with E-state index in [1.54, 1.807) is 12.1 Å². The van der Waals surface area contributed by atoms with Gasteiger partial charge >= 0.3 is 0 Å². The maximum Gasteiger partial charge on any atom is 0.196 e. The van der Waals surface area contributed by atoms with Gasteiger partial charge in [0.15, 0.2) is 22.8 Å². The SMILES string of the molecule is C/C(=C\CC12OC(C)(C)C3CC(C=C4C(=O)c5ccccc5OC431)C2=O)CO. The molecule has 4 atom stereocenters. The molecule has 1 aromatic rings. The number of hydrogen-bond acceptors (Lipinski definition) is 5. The fourth-order valence-corrected chi connectivity index (χ4v) is 5.78. The van der Waals surface area contributed by atoms with E-state index in [1.807, 2.05) is 45.1 Å². The number of carbonyl (C=O) groups is 2. The highest BCUT2D eigenvalue weighted by Crippen LogP contribution is 2.67. The summed E-state index contributed by atoms with van der Waals surface area (Å²) in [5.41, 5.74) is -1.13. The zero-order valence-electron chi connectivity index (χ0n) is 16.3. The maximum atomic E-state index is 13.6. The third kappa shape index (κ3) is 1.89. The van der Waals surface area contributed by atoms with Crippen LogP contribution in [0, 0.1) is 11.8 Å². The number of ketones is 2. The Hall–Kier alpha value is -2.24. The average molecular weight is 380 g/mol. The molecule has 1 N–H and O–H groups in total. The summed E-state index contributed by atoms with van der Waals surface area (Å²) in [5.74, 6) is -0.0340. The van der Waals surface area contributed by atoms with Gasteiger partial charge in [0.2, 0.25) is 0 Å². The second-order valence-corrected chi connectivity index (χ2v) is 8.95. The molecule has 1 spiro atoms. The second-order valence-electron chi connectivity index (χ2n) is 8.95. The van der Waals surface area contributed by atoms with E-state index in [-0.39, 0.29) is 36.4 Å². The van der Waals surface area contributed by atoms with Crippen LogP contribution in [0.5, 0.6) is 5.75 Å². The predicted molar refractivity (Wildman–Crippen MR) is 102 cm³/mol. The minimum Gasteiger partial charge on any atom is -0.478 e. The Kier molecular flexibility index (Phi) is 3.45. The molecule has 0 aromatic heterocycles. The Balaban J connectivity index is 1.78. The van der Waals surface area contributed by atoms with Gasteiger partial charge in [0.05, 0.1) is 17.8 Å². The monoisotopic (exact) mass is 380 g/mol. The van der Waals surface area contributed by atoms with Gasteiger partial charge in [-0.05, 0) is 39.3 Å². The van der Waals surface area contributed by atoms with Crippen molar-refractivity contribution in [1.29, 1.82) is 0 Å². The van der Waals surface area contributed by atoms with Gasteiger partial charge in [-0.2, -0.15) is 0 Å². The van der Waals surface area contributed by atoms with Gasteiger partial charge in [-0.3, -0.25) is 9.59 Å². The highest BCUT2D eigenvalue weighted by molar-refractivity contribution is 6.16. The molecule has 4 bridgehead atoms. The third-order valence-electron chi connectivity index (χ3n) is 6.99. The van der Waals surface area contributed by atoms with E-state index in [1.165, 1.54) is 0 Å². The summed E-state index contributed by atoms with van der Waals surface area (Å²) in [6.07, 6.45) is 4.57. The van der Waals surface area contributed by atoms with E-state index in [2.05, 4.69) is 0 Å². The quantitative estimate of drug-likeness (QED) is 0.816. The molecule has 5 aliphatic rings. The lowest BCUT2D eigenvalue weighted by Crippen LogP contribution is -2.72. The normalized spacial score (nSPS) is 37.3. The molecule has 0 amide bonds. The maximum absolute atomic E-state index is 13.6. The van der Waals surface area contributed by atoms with Crippen molar-refractivity contribution in [2.24, 2.45) is 11.8 Å². The Bertz CT molecular complexity index is 971. The zero-order chi connectivity index (χ0) is 19.9. The van der Waals surface area contributed by atoms with Crippen LogP contribution in [0.15, 0.2) is 47.6 Å². The van der Waals surface area contributed by atoms with Gasteiger partial charge in [0, 0.05) is 23.8 Å². The molecule has 1 aromatic carbocycles. The van der Waals surface area contributed by atoms with E-state index in [0.717, 1.165) is 5.57 Å².